The highest BCUT2D eigenvalue weighted by Gasteiger charge is 1.96. The third kappa shape index (κ3) is 4.36. The molecule has 0 heterocycles. The molecule has 4 nitrogen and oxygen atoms in total. The molecule has 0 amide bonds. The number of nitrogens with zero attached hydrogens (tertiary/aromatic N) is 2. The van der Waals surface area contributed by atoms with Gasteiger partial charge in [0.2, 0.25) is 0 Å². The van der Waals surface area contributed by atoms with Gasteiger partial charge < -0.3 is 9.68 Å². The van der Waals surface area contributed by atoms with Crippen molar-refractivity contribution in [2.75, 3.05) is 13.7 Å². The highest BCUT2D eigenvalue weighted by atomic mass is 16.6. The Hall–Kier alpha value is -1.06. The lowest BCUT2D eigenvalue weighted by Crippen LogP contribution is -2.06. The maximum Gasteiger partial charge on any atom is 0.114 e. The Balaban J connectivity index is 4.00. The van der Waals surface area contributed by atoms with Crippen LogP contribution in [-0.4, -0.2) is 25.1 Å². The molecule has 0 aliphatic heterocycles. The minimum absolute atomic E-state index is 0.567. The molecular weight excluding hydrogens is 144 g/mol. The second kappa shape index (κ2) is 5.70. The van der Waals surface area contributed by atoms with Crippen molar-refractivity contribution < 1.29 is 9.68 Å². The summed E-state index contributed by atoms with van der Waals surface area (Å²) in [6.07, 6.45) is 0. The van der Waals surface area contributed by atoms with E-state index in [1.807, 2.05) is 13.8 Å². The zero-order valence-electron chi connectivity index (χ0n) is 7.42. The molecule has 4 heteroatoms. The van der Waals surface area contributed by atoms with E-state index < -0.39 is 0 Å². The Labute approximate surface area is 66.9 Å². The van der Waals surface area contributed by atoms with E-state index >= 15 is 0 Å². The van der Waals surface area contributed by atoms with Crippen molar-refractivity contribution in [2.45, 2.75) is 20.8 Å². The van der Waals surface area contributed by atoms with E-state index in [2.05, 4.69) is 15.1 Å². The standard InChI is InChI=1S/C7H14N2O2/c1-5-11-9-7(3)6(2)8-10-4/h5H2,1-4H3/b8-6-,9-7+. The minimum Gasteiger partial charge on any atom is -0.399 e. The van der Waals surface area contributed by atoms with Gasteiger partial charge in [-0.2, -0.15) is 0 Å². The summed E-state index contributed by atoms with van der Waals surface area (Å²) in [5.74, 6) is 0. The van der Waals surface area contributed by atoms with Gasteiger partial charge in [0, 0.05) is 0 Å². The molecule has 0 saturated heterocycles. The molecule has 0 aliphatic carbocycles. The van der Waals surface area contributed by atoms with Crippen LogP contribution in [-0.2, 0) is 9.68 Å². The van der Waals surface area contributed by atoms with Crippen LogP contribution in [0.3, 0.4) is 0 Å². The van der Waals surface area contributed by atoms with Gasteiger partial charge in [-0.25, -0.2) is 0 Å². The van der Waals surface area contributed by atoms with Gasteiger partial charge in [0.15, 0.2) is 0 Å². The normalized spacial score (nSPS) is 13.1. The average Bonchev–Trinajstić information content (AvgIpc) is 2.00. The fraction of sp³-hybridized carbons (Fsp3) is 0.714. The van der Waals surface area contributed by atoms with Gasteiger partial charge >= 0.3 is 0 Å². The first-order valence-corrected chi connectivity index (χ1v) is 3.47. The molecule has 0 rings (SSSR count). The largest absolute Gasteiger partial charge is 0.399 e. The second-order valence-electron chi connectivity index (χ2n) is 1.95. The lowest BCUT2D eigenvalue weighted by atomic mass is 10.3. The van der Waals surface area contributed by atoms with Gasteiger partial charge in [-0.3, -0.25) is 0 Å². The molecule has 0 atom stereocenters. The smallest absolute Gasteiger partial charge is 0.114 e. The molecular formula is C7H14N2O2. The van der Waals surface area contributed by atoms with E-state index in [-0.39, 0.29) is 0 Å². The molecule has 0 N–H and O–H groups in total. The summed E-state index contributed by atoms with van der Waals surface area (Å²) >= 11 is 0. The lowest BCUT2D eigenvalue weighted by molar-refractivity contribution is 0.159. The van der Waals surface area contributed by atoms with Crippen LogP contribution in [0.4, 0.5) is 0 Å². The number of rotatable bonds is 4. The van der Waals surface area contributed by atoms with Crippen LogP contribution in [0.1, 0.15) is 20.8 Å². The Bertz CT molecular complexity index is 164. The fourth-order valence-electron chi connectivity index (χ4n) is 0.430. The SMILES string of the molecule is CCO/N=C(C)/C(C)=N\OC. The van der Waals surface area contributed by atoms with Gasteiger partial charge in [0.1, 0.15) is 25.1 Å². The Morgan fingerprint density at radius 3 is 2.18 bits per heavy atom. The Kier molecular flexibility index (Phi) is 5.15. The van der Waals surface area contributed by atoms with Crippen LogP contribution < -0.4 is 0 Å². The average molecular weight is 158 g/mol. The van der Waals surface area contributed by atoms with Crippen LogP contribution in [0.2, 0.25) is 0 Å². The first kappa shape index (κ1) is 9.94. The van der Waals surface area contributed by atoms with Crippen molar-refractivity contribution >= 4 is 11.4 Å². The van der Waals surface area contributed by atoms with Crippen LogP contribution in [0.25, 0.3) is 0 Å². The zero-order valence-corrected chi connectivity index (χ0v) is 7.42. The monoisotopic (exact) mass is 158 g/mol. The topological polar surface area (TPSA) is 43.2 Å². The van der Waals surface area contributed by atoms with Gasteiger partial charge in [0.05, 0.1) is 0 Å². The van der Waals surface area contributed by atoms with Crippen LogP contribution in [0.5, 0.6) is 0 Å². The highest BCUT2D eigenvalue weighted by molar-refractivity contribution is 6.40. The second-order valence-corrected chi connectivity index (χ2v) is 1.95. The van der Waals surface area contributed by atoms with Crippen LogP contribution >= 0.6 is 0 Å². The highest BCUT2D eigenvalue weighted by Crippen LogP contribution is 1.86. The molecule has 11 heavy (non-hydrogen) atoms. The first-order valence-electron chi connectivity index (χ1n) is 3.47. The van der Waals surface area contributed by atoms with Crippen LogP contribution in [0.15, 0.2) is 10.3 Å². The summed E-state index contributed by atoms with van der Waals surface area (Å²) < 4.78 is 0. The number of oxime groups is 2. The summed E-state index contributed by atoms with van der Waals surface area (Å²) in [6.45, 7) is 6.06. The summed E-state index contributed by atoms with van der Waals surface area (Å²) in [4.78, 5) is 9.37. The molecule has 0 saturated carbocycles. The van der Waals surface area contributed by atoms with Gasteiger partial charge in [-0.05, 0) is 20.8 Å². The molecule has 64 valence electrons. The summed E-state index contributed by atoms with van der Waals surface area (Å²) in [5, 5.41) is 7.45. The van der Waals surface area contributed by atoms with Crippen molar-refractivity contribution in [3.05, 3.63) is 0 Å². The molecule has 0 aliphatic rings. The van der Waals surface area contributed by atoms with E-state index in [0.717, 1.165) is 11.4 Å². The summed E-state index contributed by atoms with van der Waals surface area (Å²) in [6, 6.07) is 0. The minimum atomic E-state index is 0.567. The van der Waals surface area contributed by atoms with Gasteiger partial charge in [0.25, 0.3) is 0 Å². The third-order valence-electron chi connectivity index (χ3n) is 1.08. The molecule has 0 aromatic carbocycles. The summed E-state index contributed by atoms with van der Waals surface area (Å²) in [5.41, 5.74) is 1.45. The van der Waals surface area contributed by atoms with Crippen molar-refractivity contribution in [3.63, 3.8) is 0 Å². The predicted molar refractivity (Wildman–Crippen MR) is 44.9 cm³/mol. The van der Waals surface area contributed by atoms with E-state index in [4.69, 9.17) is 4.84 Å². The van der Waals surface area contributed by atoms with Crippen molar-refractivity contribution in [2.24, 2.45) is 10.3 Å². The summed E-state index contributed by atoms with van der Waals surface area (Å²) in [7, 11) is 1.50. The number of hydrogen-bond acceptors (Lipinski definition) is 4. The van der Waals surface area contributed by atoms with E-state index in [1.54, 1.807) is 6.92 Å². The molecule has 0 unspecified atom stereocenters. The van der Waals surface area contributed by atoms with E-state index in [1.165, 1.54) is 7.11 Å². The third-order valence-corrected chi connectivity index (χ3v) is 1.08. The first-order chi connectivity index (χ1) is 5.22. The van der Waals surface area contributed by atoms with Crippen LogP contribution in [0, 0.1) is 0 Å². The maximum absolute atomic E-state index is 4.81. The molecule has 0 radical (unpaired) electrons. The molecule has 0 bridgehead atoms. The van der Waals surface area contributed by atoms with E-state index in [9.17, 15) is 0 Å². The molecule has 0 fully saturated rings. The Morgan fingerprint density at radius 2 is 1.73 bits per heavy atom. The Morgan fingerprint density at radius 1 is 1.18 bits per heavy atom. The zero-order chi connectivity index (χ0) is 8.69. The van der Waals surface area contributed by atoms with Crippen molar-refractivity contribution in [1.29, 1.82) is 0 Å². The lowest BCUT2D eigenvalue weighted by Gasteiger charge is -1.97. The van der Waals surface area contributed by atoms with Crippen molar-refractivity contribution in [3.8, 4) is 0 Å². The predicted octanol–water partition coefficient (Wildman–Crippen LogP) is 1.42. The van der Waals surface area contributed by atoms with Crippen molar-refractivity contribution in [1.82, 2.24) is 0 Å². The van der Waals surface area contributed by atoms with E-state index in [0.29, 0.717) is 6.61 Å². The van der Waals surface area contributed by atoms with Gasteiger partial charge in [-0.15, -0.1) is 0 Å². The molecule has 0 spiro atoms. The van der Waals surface area contributed by atoms with Gasteiger partial charge in [-0.1, -0.05) is 10.3 Å². The maximum atomic E-state index is 4.81. The molecule has 0 aromatic heterocycles. The molecule has 0 aromatic rings. The quantitative estimate of drug-likeness (QED) is 0.458. The number of hydrogen-bond donors (Lipinski definition) is 0. The fourth-order valence-corrected chi connectivity index (χ4v) is 0.430.